The first-order chi connectivity index (χ1) is 9.54. The number of hydrogen-bond acceptors (Lipinski definition) is 1. The Labute approximate surface area is 138 Å². The molecular formula is C15H10BrFINO. The summed E-state index contributed by atoms with van der Waals surface area (Å²) >= 11 is 5.46. The Balaban J connectivity index is 1.94. The third kappa shape index (κ3) is 2.61. The lowest BCUT2D eigenvalue weighted by Crippen LogP contribution is -2.26. The molecule has 0 saturated carbocycles. The minimum atomic E-state index is -0.300. The van der Waals surface area contributed by atoms with E-state index in [0.717, 1.165) is 14.8 Å². The minimum absolute atomic E-state index is 0.0179. The zero-order valence-corrected chi connectivity index (χ0v) is 14.1. The van der Waals surface area contributed by atoms with Crippen LogP contribution in [0.3, 0.4) is 0 Å². The van der Waals surface area contributed by atoms with E-state index in [1.54, 1.807) is 17.0 Å². The van der Waals surface area contributed by atoms with Crippen molar-refractivity contribution in [1.82, 2.24) is 0 Å². The predicted molar refractivity (Wildman–Crippen MR) is 88.2 cm³/mol. The van der Waals surface area contributed by atoms with Gasteiger partial charge in [0.05, 0.1) is 13.0 Å². The fraction of sp³-hybridized carbons (Fsp3) is 0.133. The van der Waals surface area contributed by atoms with Crippen molar-refractivity contribution in [2.75, 3.05) is 4.90 Å². The summed E-state index contributed by atoms with van der Waals surface area (Å²) in [4.78, 5) is 13.8. The Bertz CT molecular complexity index is 704. The van der Waals surface area contributed by atoms with Crippen molar-refractivity contribution in [3.05, 3.63) is 61.4 Å². The highest BCUT2D eigenvalue weighted by Crippen LogP contribution is 2.32. The fourth-order valence-corrected chi connectivity index (χ4v) is 3.23. The zero-order valence-electron chi connectivity index (χ0n) is 10.4. The SMILES string of the molecule is O=C1Cc2cc(I)ccc2N1Cc1ccc(Br)cc1F. The molecule has 0 fully saturated rings. The van der Waals surface area contributed by atoms with Crippen molar-refractivity contribution in [3.63, 3.8) is 0 Å². The normalized spacial score (nSPS) is 13.8. The van der Waals surface area contributed by atoms with E-state index in [1.807, 2.05) is 18.2 Å². The van der Waals surface area contributed by atoms with E-state index in [-0.39, 0.29) is 18.3 Å². The van der Waals surface area contributed by atoms with Crippen LogP contribution in [0.2, 0.25) is 0 Å². The van der Waals surface area contributed by atoms with Crippen LogP contribution in [-0.2, 0) is 17.8 Å². The van der Waals surface area contributed by atoms with E-state index in [4.69, 9.17) is 0 Å². The number of rotatable bonds is 2. The van der Waals surface area contributed by atoms with E-state index >= 15 is 0 Å². The molecule has 3 rings (SSSR count). The van der Waals surface area contributed by atoms with Crippen LogP contribution in [0.4, 0.5) is 10.1 Å². The van der Waals surface area contributed by atoms with Gasteiger partial charge in [-0.15, -0.1) is 0 Å². The Morgan fingerprint density at radius 1 is 1.25 bits per heavy atom. The molecule has 5 heteroatoms. The number of hydrogen-bond donors (Lipinski definition) is 0. The first kappa shape index (κ1) is 14.0. The number of nitrogens with zero attached hydrogens (tertiary/aromatic N) is 1. The standard InChI is InChI=1S/C15H10BrFINO/c16-11-2-1-9(13(17)7-11)8-19-14-4-3-12(18)5-10(14)6-15(19)20/h1-5,7H,6,8H2. The minimum Gasteiger partial charge on any atom is -0.307 e. The number of benzene rings is 2. The molecule has 0 bridgehead atoms. The largest absolute Gasteiger partial charge is 0.307 e. The molecule has 20 heavy (non-hydrogen) atoms. The van der Waals surface area contributed by atoms with Gasteiger partial charge in [0.1, 0.15) is 5.82 Å². The monoisotopic (exact) mass is 445 g/mol. The lowest BCUT2D eigenvalue weighted by molar-refractivity contribution is -0.117. The van der Waals surface area contributed by atoms with Crippen molar-refractivity contribution in [3.8, 4) is 0 Å². The molecule has 0 aromatic heterocycles. The summed E-state index contributed by atoms with van der Waals surface area (Å²) in [5.41, 5.74) is 2.42. The number of halogens is 3. The average molecular weight is 446 g/mol. The average Bonchev–Trinajstić information content (AvgIpc) is 2.68. The molecule has 0 atom stereocenters. The zero-order chi connectivity index (χ0) is 14.3. The number of fused-ring (bicyclic) bond motifs is 1. The van der Waals surface area contributed by atoms with E-state index in [9.17, 15) is 9.18 Å². The van der Waals surface area contributed by atoms with Gasteiger partial charge in [-0.3, -0.25) is 4.79 Å². The van der Waals surface area contributed by atoms with Gasteiger partial charge in [0.15, 0.2) is 0 Å². The Morgan fingerprint density at radius 2 is 2.05 bits per heavy atom. The molecule has 2 aromatic carbocycles. The molecular weight excluding hydrogens is 436 g/mol. The van der Waals surface area contributed by atoms with Gasteiger partial charge in [0.2, 0.25) is 5.91 Å². The van der Waals surface area contributed by atoms with Crippen LogP contribution < -0.4 is 4.90 Å². The maximum absolute atomic E-state index is 13.9. The maximum atomic E-state index is 13.9. The molecule has 1 amide bonds. The molecule has 0 radical (unpaired) electrons. The highest BCUT2D eigenvalue weighted by molar-refractivity contribution is 14.1. The lowest BCUT2D eigenvalue weighted by atomic mass is 10.1. The third-order valence-corrected chi connectivity index (χ3v) is 4.48. The molecule has 2 nitrogen and oxygen atoms in total. The molecule has 0 saturated heterocycles. The van der Waals surface area contributed by atoms with Crippen LogP contribution in [0.5, 0.6) is 0 Å². The molecule has 0 unspecified atom stereocenters. The first-order valence-electron chi connectivity index (χ1n) is 6.07. The molecule has 1 aliphatic rings. The molecule has 1 heterocycles. The van der Waals surface area contributed by atoms with Crippen molar-refractivity contribution in [2.24, 2.45) is 0 Å². The van der Waals surface area contributed by atoms with Gasteiger partial charge in [0.25, 0.3) is 0 Å². The first-order valence-corrected chi connectivity index (χ1v) is 7.94. The Morgan fingerprint density at radius 3 is 2.80 bits per heavy atom. The van der Waals surface area contributed by atoms with Crippen LogP contribution >= 0.6 is 38.5 Å². The predicted octanol–water partition coefficient (Wildman–Crippen LogP) is 4.28. The summed E-state index contributed by atoms with van der Waals surface area (Å²) in [6.45, 7) is 0.269. The van der Waals surface area contributed by atoms with Crippen molar-refractivity contribution >= 4 is 50.1 Å². The topological polar surface area (TPSA) is 20.3 Å². The summed E-state index contributed by atoms with van der Waals surface area (Å²) in [5.74, 6) is -0.282. The molecule has 2 aromatic rings. The summed E-state index contributed by atoms with van der Waals surface area (Å²) in [6.07, 6.45) is 0.393. The van der Waals surface area contributed by atoms with Gasteiger partial charge in [0, 0.05) is 19.3 Å². The van der Waals surface area contributed by atoms with Crippen molar-refractivity contribution in [2.45, 2.75) is 13.0 Å². The summed E-state index contributed by atoms with van der Waals surface area (Å²) in [6, 6.07) is 10.8. The van der Waals surface area contributed by atoms with Crippen LogP contribution in [0, 0.1) is 9.39 Å². The van der Waals surface area contributed by atoms with E-state index in [1.165, 1.54) is 6.07 Å². The molecule has 1 aliphatic heterocycles. The Kier molecular flexibility index (Phi) is 3.81. The van der Waals surface area contributed by atoms with Gasteiger partial charge < -0.3 is 4.90 Å². The van der Waals surface area contributed by atoms with Crippen molar-refractivity contribution < 1.29 is 9.18 Å². The van der Waals surface area contributed by atoms with E-state index in [0.29, 0.717) is 16.5 Å². The second-order valence-electron chi connectivity index (χ2n) is 4.67. The summed E-state index contributed by atoms with van der Waals surface area (Å²) in [7, 11) is 0. The van der Waals surface area contributed by atoms with E-state index < -0.39 is 0 Å². The second kappa shape index (κ2) is 5.44. The third-order valence-electron chi connectivity index (χ3n) is 3.32. The lowest BCUT2D eigenvalue weighted by Gasteiger charge is -2.18. The highest BCUT2D eigenvalue weighted by Gasteiger charge is 2.27. The van der Waals surface area contributed by atoms with Gasteiger partial charge in [-0.05, 0) is 58.5 Å². The molecule has 0 aliphatic carbocycles. The number of amides is 1. The van der Waals surface area contributed by atoms with Gasteiger partial charge >= 0.3 is 0 Å². The van der Waals surface area contributed by atoms with Crippen LogP contribution in [0.25, 0.3) is 0 Å². The van der Waals surface area contributed by atoms with Gasteiger partial charge in [-0.1, -0.05) is 22.0 Å². The maximum Gasteiger partial charge on any atom is 0.231 e. The summed E-state index contributed by atoms with van der Waals surface area (Å²) in [5, 5.41) is 0. The smallest absolute Gasteiger partial charge is 0.231 e. The second-order valence-corrected chi connectivity index (χ2v) is 6.83. The van der Waals surface area contributed by atoms with Gasteiger partial charge in [-0.25, -0.2) is 4.39 Å². The molecule has 102 valence electrons. The van der Waals surface area contributed by atoms with Crippen molar-refractivity contribution in [1.29, 1.82) is 0 Å². The van der Waals surface area contributed by atoms with Crippen LogP contribution in [-0.4, -0.2) is 5.91 Å². The number of anilines is 1. The highest BCUT2D eigenvalue weighted by atomic mass is 127. The molecule has 0 N–H and O–H groups in total. The number of carbonyl (C=O) groups excluding carboxylic acids is 1. The molecule has 0 spiro atoms. The van der Waals surface area contributed by atoms with Gasteiger partial charge in [-0.2, -0.15) is 0 Å². The van der Waals surface area contributed by atoms with E-state index in [2.05, 4.69) is 38.5 Å². The number of carbonyl (C=O) groups is 1. The quantitative estimate of drug-likeness (QED) is 0.632. The van der Waals surface area contributed by atoms with Crippen LogP contribution in [0.15, 0.2) is 40.9 Å². The summed E-state index contributed by atoms with van der Waals surface area (Å²) < 4.78 is 15.7. The fourth-order valence-electron chi connectivity index (χ4n) is 2.35. The Hall–Kier alpha value is -0.950. The van der Waals surface area contributed by atoms with Crippen LogP contribution in [0.1, 0.15) is 11.1 Å².